The molecule has 1 aromatic carbocycles. The fourth-order valence-electron chi connectivity index (χ4n) is 5.15. The molecule has 0 saturated carbocycles. The number of fused-ring (bicyclic) bond motifs is 1. The lowest BCUT2D eigenvalue weighted by Gasteiger charge is -2.30. The maximum Gasteiger partial charge on any atom is 0.272 e. The van der Waals surface area contributed by atoms with Crippen molar-refractivity contribution in [3.05, 3.63) is 59.9 Å². The van der Waals surface area contributed by atoms with Crippen LogP contribution < -0.4 is 10.2 Å². The molecule has 192 valence electrons. The van der Waals surface area contributed by atoms with Gasteiger partial charge in [0.05, 0.1) is 18.9 Å². The van der Waals surface area contributed by atoms with Crippen molar-refractivity contribution in [3.63, 3.8) is 0 Å². The Labute approximate surface area is 215 Å². The molecule has 0 spiro atoms. The molecule has 4 aromatic rings. The summed E-state index contributed by atoms with van der Waals surface area (Å²) in [5.74, 6) is 1.38. The van der Waals surface area contributed by atoms with Crippen LogP contribution in [-0.2, 0) is 4.74 Å². The van der Waals surface area contributed by atoms with E-state index in [-0.39, 0.29) is 11.9 Å². The first-order chi connectivity index (χ1) is 18.0. The summed E-state index contributed by atoms with van der Waals surface area (Å²) in [6, 6.07) is 14.2. The fourth-order valence-corrected chi connectivity index (χ4v) is 5.15. The molecule has 0 unspecified atom stereocenters. The largest absolute Gasteiger partial charge is 0.378 e. The second-order valence-corrected chi connectivity index (χ2v) is 9.96. The number of rotatable bonds is 5. The highest BCUT2D eigenvalue weighted by atomic mass is 16.5. The number of morpholine rings is 1. The van der Waals surface area contributed by atoms with Gasteiger partial charge >= 0.3 is 0 Å². The van der Waals surface area contributed by atoms with Crippen LogP contribution in [0.1, 0.15) is 28.9 Å². The van der Waals surface area contributed by atoms with Crippen molar-refractivity contribution in [3.8, 4) is 17.1 Å². The monoisotopic (exact) mass is 500 g/mol. The Morgan fingerprint density at radius 2 is 1.95 bits per heavy atom. The van der Waals surface area contributed by atoms with Crippen LogP contribution >= 0.6 is 0 Å². The van der Waals surface area contributed by atoms with E-state index in [9.17, 15) is 4.79 Å². The van der Waals surface area contributed by atoms with Crippen LogP contribution in [0.15, 0.2) is 48.7 Å². The summed E-state index contributed by atoms with van der Waals surface area (Å²) in [7, 11) is 2.09. The molecular formula is C27H32N8O2. The van der Waals surface area contributed by atoms with E-state index in [1.54, 1.807) is 15.3 Å². The number of anilines is 1. The van der Waals surface area contributed by atoms with Gasteiger partial charge in [0.1, 0.15) is 5.82 Å². The molecule has 2 aliphatic rings. The number of benzene rings is 1. The molecule has 0 radical (unpaired) electrons. The summed E-state index contributed by atoms with van der Waals surface area (Å²) in [6.45, 7) is 6.75. The van der Waals surface area contributed by atoms with Gasteiger partial charge in [-0.15, -0.1) is 0 Å². The van der Waals surface area contributed by atoms with E-state index in [1.165, 1.54) is 5.56 Å². The predicted octanol–water partition coefficient (Wildman–Crippen LogP) is 2.55. The Bertz CT molecular complexity index is 1420. The van der Waals surface area contributed by atoms with Crippen LogP contribution in [-0.4, -0.2) is 87.7 Å². The molecule has 1 N–H and O–H groups in total. The van der Waals surface area contributed by atoms with Crippen molar-refractivity contribution >= 4 is 17.4 Å². The Balaban J connectivity index is 1.35. The lowest BCUT2D eigenvalue weighted by atomic mass is 10.1. The summed E-state index contributed by atoms with van der Waals surface area (Å²) in [5.41, 5.74) is 4.10. The van der Waals surface area contributed by atoms with Gasteiger partial charge in [-0.1, -0.05) is 23.8 Å². The molecule has 3 aromatic heterocycles. The average molecular weight is 501 g/mol. The lowest BCUT2D eigenvalue weighted by Crippen LogP contribution is -2.46. The van der Waals surface area contributed by atoms with Gasteiger partial charge in [-0.25, -0.2) is 9.67 Å². The number of nitrogens with zero attached hydrogens (tertiary/aromatic N) is 7. The van der Waals surface area contributed by atoms with E-state index in [0.29, 0.717) is 30.4 Å². The summed E-state index contributed by atoms with van der Waals surface area (Å²) in [5, 5.41) is 12.7. The van der Waals surface area contributed by atoms with Gasteiger partial charge in [-0.2, -0.15) is 14.7 Å². The Kier molecular flexibility index (Phi) is 6.35. The van der Waals surface area contributed by atoms with Crippen molar-refractivity contribution in [2.75, 3.05) is 51.3 Å². The average Bonchev–Trinajstić information content (AvgIpc) is 3.57. The highest BCUT2D eigenvalue weighted by molar-refractivity contribution is 5.93. The molecule has 1 atom stereocenters. The maximum atomic E-state index is 13.1. The number of likely N-dealkylation sites (tertiary alicyclic amines) is 1. The number of carbonyl (C=O) groups is 1. The zero-order valence-electron chi connectivity index (χ0n) is 21.3. The number of carbonyl (C=O) groups excluding carboxylic acids is 1. The third kappa shape index (κ3) is 4.94. The molecule has 10 heteroatoms. The number of amides is 1. The van der Waals surface area contributed by atoms with Crippen LogP contribution in [0.25, 0.3) is 22.7 Å². The number of piperidine rings is 1. The van der Waals surface area contributed by atoms with E-state index >= 15 is 0 Å². The van der Waals surface area contributed by atoms with Crippen LogP contribution in [0.2, 0.25) is 0 Å². The quantitative estimate of drug-likeness (QED) is 0.450. The molecular weight excluding hydrogens is 468 g/mol. The first-order valence-corrected chi connectivity index (χ1v) is 12.9. The SMILES string of the molecule is Cc1cccc(-c2ccn(-c3cc(N4CCOCC4)n4nc(C(=O)N[C@@H]5CCCN(C)C5)cc4n3)n2)c1. The third-order valence-corrected chi connectivity index (χ3v) is 7.06. The van der Waals surface area contributed by atoms with Crippen LogP contribution in [0.3, 0.4) is 0 Å². The molecule has 2 saturated heterocycles. The number of hydrogen-bond acceptors (Lipinski definition) is 7. The fraction of sp³-hybridized carbons (Fsp3) is 0.407. The smallest absolute Gasteiger partial charge is 0.272 e. The minimum atomic E-state index is -0.166. The summed E-state index contributed by atoms with van der Waals surface area (Å²) in [4.78, 5) is 22.4. The molecule has 1 amide bonds. The van der Waals surface area contributed by atoms with Crippen LogP contribution in [0.4, 0.5) is 5.82 Å². The van der Waals surface area contributed by atoms with Gasteiger partial charge < -0.3 is 19.9 Å². The van der Waals surface area contributed by atoms with Gasteiger partial charge in [0.25, 0.3) is 5.91 Å². The van der Waals surface area contributed by atoms with Gasteiger partial charge in [0.15, 0.2) is 17.2 Å². The number of likely N-dealkylation sites (N-methyl/N-ethyl adjacent to an activating group) is 1. The van der Waals surface area contributed by atoms with Crippen molar-refractivity contribution in [1.29, 1.82) is 0 Å². The van der Waals surface area contributed by atoms with Gasteiger partial charge in [0, 0.05) is 49.6 Å². The van der Waals surface area contributed by atoms with Gasteiger partial charge in [-0.05, 0) is 45.5 Å². The van der Waals surface area contributed by atoms with Crippen molar-refractivity contribution in [1.82, 2.24) is 34.6 Å². The predicted molar refractivity (Wildman–Crippen MR) is 141 cm³/mol. The van der Waals surface area contributed by atoms with Gasteiger partial charge in [-0.3, -0.25) is 4.79 Å². The van der Waals surface area contributed by atoms with Crippen molar-refractivity contribution in [2.45, 2.75) is 25.8 Å². The molecule has 37 heavy (non-hydrogen) atoms. The van der Waals surface area contributed by atoms with Crippen LogP contribution in [0.5, 0.6) is 0 Å². The normalized spacial score (nSPS) is 18.9. The number of ether oxygens (including phenoxy) is 1. The van der Waals surface area contributed by atoms with E-state index in [4.69, 9.17) is 14.8 Å². The topological polar surface area (TPSA) is 92.8 Å². The first-order valence-electron chi connectivity index (χ1n) is 12.9. The zero-order chi connectivity index (χ0) is 25.4. The van der Waals surface area contributed by atoms with Crippen molar-refractivity contribution in [2.24, 2.45) is 0 Å². The minimum Gasteiger partial charge on any atom is -0.378 e. The molecule has 2 fully saturated rings. The second kappa shape index (κ2) is 9.95. The number of nitrogens with one attached hydrogen (secondary N) is 1. The minimum absolute atomic E-state index is 0.127. The molecule has 2 aliphatic heterocycles. The second-order valence-electron chi connectivity index (χ2n) is 9.96. The summed E-state index contributed by atoms with van der Waals surface area (Å²) in [6.07, 6.45) is 3.98. The molecule has 6 rings (SSSR count). The van der Waals surface area contributed by atoms with E-state index in [2.05, 4.69) is 52.4 Å². The zero-order valence-corrected chi connectivity index (χ0v) is 21.3. The Hall–Kier alpha value is -3.76. The number of aryl methyl sites for hydroxylation is 1. The van der Waals surface area contributed by atoms with Crippen molar-refractivity contribution < 1.29 is 9.53 Å². The molecule has 0 aliphatic carbocycles. The maximum absolute atomic E-state index is 13.1. The number of aromatic nitrogens is 5. The Morgan fingerprint density at radius 3 is 2.76 bits per heavy atom. The van der Waals surface area contributed by atoms with Crippen LogP contribution in [0, 0.1) is 6.92 Å². The lowest BCUT2D eigenvalue weighted by molar-refractivity contribution is 0.0907. The summed E-state index contributed by atoms with van der Waals surface area (Å²) < 4.78 is 9.12. The van der Waals surface area contributed by atoms with Gasteiger partial charge in [0.2, 0.25) is 0 Å². The first kappa shape index (κ1) is 23.6. The summed E-state index contributed by atoms with van der Waals surface area (Å²) >= 11 is 0. The standard InChI is InChI=1S/C27H32N8O2/c1-19-5-3-6-20(15-19)22-8-10-34(30-22)24-17-26(33-11-13-37-14-12-33)35-25(29-24)16-23(31-35)27(36)28-21-7-4-9-32(2)18-21/h3,5-6,8,10,15-17,21H,4,7,9,11-14,18H2,1-2H3,(H,28,36)/t21-/m1/s1. The molecule has 10 nitrogen and oxygen atoms in total. The van der Waals surface area contributed by atoms with E-state index in [0.717, 1.165) is 56.1 Å². The van der Waals surface area contributed by atoms with E-state index < -0.39 is 0 Å². The third-order valence-electron chi connectivity index (χ3n) is 7.06. The molecule has 5 heterocycles. The highest BCUT2D eigenvalue weighted by Gasteiger charge is 2.23. The Morgan fingerprint density at radius 1 is 1.08 bits per heavy atom. The van der Waals surface area contributed by atoms with E-state index in [1.807, 2.05) is 24.4 Å². The molecule has 0 bridgehead atoms. The number of hydrogen-bond donors (Lipinski definition) is 1. The highest BCUT2D eigenvalue weighted by Crippen LogP contribution is 2.24.